The Hall–Kier alpha value is -3.17. The number of carbonyl (C=O) groups excluding carboxylic acids is 2. The first-order valence-electron chi connectivity index (χ1n) is 18.3. The molecule has 0 radical (unpaired) electrons. The normalized spacial score (nSPS) is 36.5. The molecule has 1 saturated heterocycles. The van der Waals surface area contributed by atoms with Gasteiger partial charge in [-0.1, -0.05) is 24.6 Å². The summed E-state index contributed by atoms with van der Waals surface area (Å²) in [5.41, 5.74) is -4.86. The molecular formula is C39H49FN2O11P+. The number of nitrogens with one attached hydrogen (secondary N) is 1. The van der Waals surface area contributed by atoms with Crippen molar-refractivity contribution in [2.75, 3.05) is 13.2 Å². The van der Waals surface area contributed by atoms with Crippen molar-refractivity contribution in [3.63, 3.8) is 0 Å². The van der Waals surface area contributed by atoms with Crippen molar-refractivity contribution in [3.8, 4) is 11.4 Å². The smallest absolute Gasteiger partial charge is 0.397 e. The monoisotopic (exact) mass is 771 g/mol. The number of nitrogens with zero attached hydrogens (tertiary/aromatic N) is 1. The summed E-state index contributed by atoms with van der Waals surface area (Å²) in [6, 6.07) is 7.75. The third kappa shape index (κ3) is 6.05. The number of ether oxygens (including phenoxy) is 2. The minimum atomic E-state index is -5.00. The summed E-state index contributed by atoms with van der Waals surface area (Å²) in [5.74, 6) is -2.22. The number of aliphatic hydroxyl groups excluding tert-OH is 3. The van der Waals surface area contributed by atoms with Crippen LogP contribution in [0, 0.1) is 22.7 Å². The molecule has 1 unspecified atom stereocenters. The zero-order chi connectivity index (χ0) is 39.2. The lowest BCUT2D eigenvalue weighted by atomic mass is 9.44. The molecule has 4 aliphatic carbocycles. The van der Waals surface area contributed by atoms with E-state index in [1.807, 2.05) is 20.8 Å². The van der Waals surface area contributed by atoms with Crippen LogP contribution in [0.15, 0.2) is 66.5 Å². The standard InChI is InChI=1S/C39H48FN2O11P/c1-35(2,3)41-19-29(45)22-8-11-30(53-54(48,49)50)28(15-22)42-14-6-7-23(20-42)34-51-33-17-27-26-10-9-24-16-25(44)12-13-36(24,4)38(26,40)31(46)18-37(27,5)39(33,52-34)32(47)21-43/h6-8,11-16,20,26-27,29,31,33-34,41,43,45-46H,9-10,17-19,21H2,1-5H3,(H-,48,49,50)/p+1/t26-,27-,29?,31-,33+,34+,36-,37-,38-,39+/m0/s1. The molecule has 6 N–H and O–H groups in total. The molecule has 1 aromatic carbocycles. The highest BCUT2D eigenvalue weighted by molar-refractivity contribution is 7.46. The second kappa shape index (κ2) is 13.2. The quantitative estimate of drug-likeness (QED) is 0.161. The molecule has 0 spiro atoms. The molecule has 1 aromatic heterocycles. The Labute approximate surface area is 313 Å². The number of β-amino-alcohol motifs (C(OH)–C–C–N with tert-alkyl or cyclic N) is 1. The van der Waals surface area contributed by atoms with E-state index in [1.54, 1.807) is 50.5 Å². The van der Waals surface area contributed by atoms with E-state index in [4.69, 9.17) is 14.0 Å². The fourth-order valence-corrected chi connectivity index (χ4v) is 10.6. The van der Waals surface area contributed by atoms with Gasteiger partial charge in [-0.25, -0.2) is 8.96 Å². The van der Waals surface area contributed by atoms with E-state index >= 15 is 4.39 Å². The van der Waals surface area contributed by atoms with Crippen molar-refractivity contribution in [3.05, 3.63) is 77.7 Å². The van der Waals surface area contributed by atoms with Crippen LogP contribution in [-0.2, 0) is 23.6 Å². The van der Waals surface area contributed by atoms with Crippen LogP contribution in [0.2, 0.25) is 0 Å². The zero-order valence-electron chi connectivity index (χ0n) is 30.9. The Bertz CT molecular complexity index is 1980. The maximum Gasteiger partial charge on any atom is 0.525 e. The number of hydrogen-bond donors (Lipinski definition) is 6. The van der Waals surface area contributed by atoms with Gasteiger partial charge in [-0.3, -0.25) is 19.4 Å². The average molecular weight is 772 g/mol. The molecule has 3 saturated carbocycles. The first kappa shape index (κ1) is 39.1. The van der Waals surface area contributed by atoms with Crippen molar-refractivity contribution in [1.82, 2.24) is 5.32 Å². The third-order valence-corrected chi connectivity index (χ3v) is 13.2. The first-order valence-corrected chi connectivity index (χ1v) is 19.8. The number of rotatable bonds is 9. The fraction of sp³-hybridized carbons (Fsp3) is 0.564. The Morgan fingerprint density at radius 2 is 1.94 bits per heavy atom. The van der Waals surface area contributed by atoms with Gasteiger partial charge < -0.3 is 34.6 Å². The highest BCUT2D eigenvalue weighted by Gasteiger charge is 2.79. The highest BCUT2D eigenvalue weighted by atomic mass is 31.2. The van der Waals surface area contributed by atoms with Crippen molar-refractivity contribution < 1.29 is 62.2 Å². The summed E-state index contributed by atoms with van der Waals surface area (Å²) in [5, 5.41) is 36.4. The number of allylic oxidation sites excluding steroid dienone is 4. The Morgan fingerprint density at radius 3 is 2.63 bits per heavy atom. The second-order valence-electron chi connectivity index (χ2n) is 16.9. The maximum atomic E-state index is 17.8. The number of pyridine rings is 1. The number of Topliss-reactive ketones (excluding diaryl/α,β-unsaturated/α-hetero) is 1. The van der Waals surface area contributed by atoms with Gasteiger partial charge in [0.1, 0.15) is 6.61 Å². The second-order valence-corrected chi connectivity index (χ2v) is 18.1. The van der Waals surface area contributed by atoms with Crippen LogP contribution in [0.5, 0.6) is 5.75 Å². The van der Waals surface area contributed by atoms with Crippen molar-refractivity contribution in [1.29, 1.82) is 0 Å². The van der Waals surface area contributed by atoms with Gasteiger partial charge in [0.15, 0.2) is 41.5 Å². The summed E-state index contributed by atoms with van der Waals surface area (Å²) in [7, 11) is -5.00. The number of fused-ring (bicyclic) bond motifs is 7. The topological polar surface area (TPSA) is 196 Å². The lowest BCUT2D eigenvalue weighted by Gasteiger charge is -2.62. The molecule has 2 heterocycles. The molecule has 15 heteroatoms. The molecule has 292 valence electrons. The van der Waals surface area contributed by atoms with E-state index in [0.717, 1.165) is 0 Å². The molecule has 0 bridgehead atoms. The molecule has 4 fully saturated rings. The lowest BCUT2D eigenvalue weighted by molar-refractivity contribution is -0.597. The Morgan fingerprint density at radius 1 is 1.20 bits per heavy atom. The van der Waals surface area contributed by atoms with Crippen LogP contribution in [-0.4, -0.2) is 78.8 Å². The third-order valence-electron chi connectivity index (χ3n) is 12.7. The first-order chi connectivity index (χ1) is 25.2. The number of carbonyl (C=O) groups is 2. The number of aliphatic hydroxyl groups is 3. The largest absolute Gasteiger partial charge is 0.525 e. The number of benzene rings is 1. The number of phosphoric acid groups is 1. The van der Waals surface area contributed by atoms with Crippen LogP contribution in [0.1, 0.15) is 83.8 Å². The summed E-state index contributed by atoms with van der Waals surface area (Å²) >= 11 is 0. The van der Waals surface area contributed by atoms with Crippen LogP contribution in [0.4, 0.5) is 4.39 Å². The van der Waals surface area contributed by atoms with Gasteiger partial charge in [0, 0.05) is 41.0 Å². The van der Waals surface area contributed by atoms with Crippen molar-refractivity contribution >= 4 is 19.4 Å². The number of hydrogen-bond acceptors (Lipinski definition) is 10. The number of phosphoric ester groups is 1. The molecule has 10 atom stereocenters. The average Bonchev–Trinajstić information content (AvgIpc) is 3.60. The Kier molecular flexibility index (Phi) is 9.56. The van der Waals surface area contributed by atoms with E-state index < -0.39 is 78.8 Å². The summed E-state index contributed by atoms with van der Waals surface area (Å²) in [6.45, 7) is 8.71. The van der Waals surface area contributed by atoms with E-state index in [2.05, 4.69) is 5.32 Å². The van der Waals surface area contributed by atoms with Crippen LogP contribution in [0.25, 0.3) is 5.69 Å². The van der Waals surface area contributed by atoms with Gasteiger partial charge in [0.2, 0.25) is 5.75 Å². The van der Waals surface area contributed by atoms with E-state index in [-0.39, 0.29) is 42.1 Å². The highest BCUT2D eigenvalue weighted by Crippen LogP contribution is 2.72. The van der Waals surface area contributed by atoms with Gasteiger partial charge in [-0.15, -0.1) is 0 Å². The molecule has 2 aromatic rings. The Balaban J connectivity index is 1.23. The van der Waals surface area contributed by atoms with Crippen molar-refractivity contribution in [2.24, 2.45) is 22.7 Å². The molecular weight excluding hydrogens is 722 g/mol. The number of alkyl halides is 1. The number of aromatic nitrogens is 1. The molecule has 13 nitrogen and oxygen atoms in total. The maximum absolute atomic E-state index is 17.8. The SMILES string of the molecule is CC(C)(C)NCC(O)c1ccc(OP(=O)(O)O)c(-[n+]2cccc([C@@H]3O[C@@H]4C[C@H]5[C@@H]6CCC7=CC(=O)C=C[C@]7(C)[C@@]6(F)[C@@H](O)C[C@]5(C)[C@]4(C(=O)CO)O3)c2)c1. The van der Waals surface area contributed by atoms with Gasteiger partial charge in [0.05, 0.1) is 23.9 Å². The van der Waals surface area contributed by atoms with Crippen LogP contribution < -0.4 is 14.4 Å². The lowest BCUT2D eigenvalue weighted by Crippen LogP contribution is -2.69. The van der Waals surface area contributed by atoms with E-state index in [1.165, 1.54) is 28.9 Å². The molecule has 54 heavy (non-hydrogen) atoms. The van der Waals surface area contributed by atoms with Gasteiger partial charge in [-0.2, -0.15) is 4.57 Å². The minimum Gasteiger partial charge on any atom is -0.397 e. The van der Waals surface area contributed by atoms with Gasteiger partial charge >= 0.3 is 7.82 Å². The zero-order valence-corrected chi connectivity index (χ0v) is 31.8. The van der Waals surface area contributed by atoms with Crippen LogP contribution in [0.3, 0.4) is 0 Å². The summed E-state index contributed by atoms with van der Waals surface area (Å²) in [4.78, 5) is 45.6. The van der Waals surface area contributed by atoms with E-state index in [9.17, 15) is 39.3 Å². The number of halogens is 1. The summed E-state index contributed by atoms with van der Waals surface area (Å²) in [6.07, 6.45) is 3.83. The molecule has 5 aliphatic rings. The number of ketones is 2. The molecule has 7 rings (SSSR count). The molecule has 1 aliphatic heterocycles. The van der Waals surface area contributed by atoms with Gasteiger partial charge in [0.25, 0.3) is 5.69 Å². The molecule has 0 amide bonds. The van der Waals surface area contributed by atoms with E-state index in [0.29, 0.717) is 29.5 Å². The van der Waals surface area contributed by atoms with Gasteiger partial charge in [-0.05, 0) is 89.1 Å². The predicted molar refractivity (Wildman–Crippen MR) is 191 cm³/mol. The predicted octanol–water partition coefficient (Wildman–Crippen LogP) is 3.55. The fourth-order valence-electron chi connectivity index (χ4n) is 10.2. The minimum absolute atomic E-state index is 0.162. The van der Waals surface area contributed by atoms with Crippen molar-refractivity contribution in [2.45, 2.75) is 102 Å². The summed E-state index contributed by atoms with van der Waals surface area (Å²) < 4.78 is 49.5. The van der Waals surface area contributed by atoms with Crippen LogP contribution >= 0.6 is 7.82 Å².